The summed E-state index contributed by atoms with van der Waals surface area (Å²) < 4.78 is 0. The summed E-state index contributed by atoms with van der Waals surface area (Å²) >= 11 is 0. The van der Waals surface area contributed by atoms with E-state index in [4.69, 9.17) is 0 Å². The predicted molar refractivity (Wildman–Crippen MR) is 67.5 cm³/mol. The Morgan fingerprint density at radius 1 is 0.812 bits per heavy atom. The molecule has 2 aliphatic heterocycles. The summed E-state index contributed by atoms with van der Waals surface area (Å²) in [5.41, 5.74) is 4.56. The lowest BCUT2D eigenvalue weighted by Gasteiger charge is -2.18. The van der Waals surface area contributed by atoms with Gasteiger partial charge >= 0.3 is 0 Å². The quantitative estimate of drug-likeness (QED) is 0.684. The molecule has 2 heteroatoms. The topological polar surface area (TPSA) is 24.1 Å². The number of fused-ring (bicyclic) bond motifs is 1. The Bertz CT molecular complexity index is 533. The van der Waals surface area contributed by atoms with Crippen molar-refractivity contribution in [3.05, 3.63) is 71.7 Å². The maximum atomic E-state index is 3.41. The van der Waals surface area contributed by atoms with Crippen LogP contribution in [-0.4, -0.2) is 0 Å². The van der Waals surface area contributed by atoms with E-state index in [1.54, 1.807) is 0 Å². The van der Waals surface area contributed by atoms with Gasteiger partial charge in [0.2, 0.25) is 0 Å². The van der Waals surface area contributed by atoms with E-state index in [0.717, 1.165) is 17.1 Å². The monoisotopic (exact) mass is 208 g/mol. The molecule has 0 radical (unpaired) electrons. The summed E-state index contributed by atoms with van der Waals surface area (Å²) in [6, 6.07) is 8.27. The molecule has 2 heterocycles. The Morgan fingerprint density at radius 2 is 1.75 bits per heavy atom. The van der Waals surface area contributed by atoms with E-state index in [2.05, 4.69) is 41.0 Å². The van der Waals surface area contributed by atoms with Gasteiger partial charge in [0.05, 0.1) is 11.4 Å². The van der Waals surface area contributed by atoms with Crippen molar-refractivity contribution >= 4 is 11.8 Å². The SMILES string of the molecule is C1=CNC(=C2C=Cc3ccccc3N2)C=C1. The van der Waals surface area contributed by atoms with Crippen molar-refractivity contribution in [3.63, 3.8) is 0 Å². The highest BCUT2D eigenvalue weighted by atomic mass is 15.0. The van der Waals surface area contributed by atoms with Gasteiger partial charge in [-0.15, -0.1) is 0 Å². The lowest BCUT2D eigenvalue weighted by atomic mass is 10.1. The van der Waals surface area contributed by atoms with Crippen LogP contribution < -0.4 is 10.6 Å². The van der Waals surface area contributed by atoms with E-state index in [-0.39, 0.29) is 0 Å². The Morgan fingerprint density at radius 3 is 2.62 bits per heavy atom. The van der Waals surface area contributed by atoms with E-state index >= 15 is 0 Å². The second kappa shape index (κ2) is 3.74. The number of anilines is 1. The first-order valence-corrected chi connectivity index (χ1v) is 5.32. The average Bonchev–Trinajstić information content (AvgIpc) is 2.39. The molecule has 78 valence electrons. The van der Waals surface area contributed by atoms with Gasteiger partial charge in [-0.25, -0.2) is 0 Å². The minimum Gasteiger partial charge on any atom is -0.360 e. The minimum absolute atomic E-state index is 1.09. The van der Waals surface area contributed by atoms with Crippen LogP contribution in [0.2, 0.25) is 0 Å². The molecule has 1 aromatic rings. The van der Waals surface area contributed by atoms with Crippen LogP contribution >= 0.6 is 0 Å². The predicted octanol–water partition coefficient (Wildman–Crippen LogP) is 3.01. The normalized spacial score (nSPS) is 21.2. The largest absolute Gasteiger partial charge is 0.360 e. The molecular weight excluding hydrogens is 196 g/mol. The molecule has 16 heavy (non-hydrogen) atoms. The first kappa shape index (κ1) is 9.04. The highest BCUT2D eigenvalue weighted by Gasteiger charge is 2.09. The zero-order chi connectivity index (χ0) is 10.8. The molecule has 0 bridgehead atoms. The number of rotatable bonds is 0. The van der Waals surface area contributed by atoms with E-state index < -0.39 is 0 Å². The van der Waals surface area contributed by atoms with Crippen LogP contribution in [-0.2, 0) is 0 Å². The summed E-state index contributed by atoms with van der Waals surface area (Å²) in [4.78, 5) is 0. The van der Waals surface area contributed by atoms with Crippen LogP contribution in [0.5, 0.6) is 0 Å². The molecular formula is C14H12N2. The van der Waals surface area contributed by atoms with Crippen molar-refractivity contribution in [1.29, 1.82) is 0 Å². The number of allylic oxidation sites excluding steroid dienone is 4. The molecule has 2 aliphatic rings. The van der Waals surface area contributed by atoms with Gasteiger partial charge in [-0.05, 0) is 29.9 Å². The fourth-order valence-electron chi connectivity index (χ4n) is 1.83. The number of hydrogen-bond donors (Lipinski definition) is 2. The summed E-state index contributed by atoms with van der Waals surface area (Å²) in [7, 11) is 0. The zero-order valence-corrected chi connectivity index (χ0v) is 8.77. The third-order valence-corrected chi connectivity index (χ3v) is 2.66. The molecule has 0 saturated carbocycles. The smallest absolute Gasteiger partial charge is 0.0623 e. The highest BCUT2D eigenvalue weighted by molar-refractivity contribution is 5.75. The van der Waals surface area contributed by atoms with Crippen LogP contribution in [0.1, 0.15) is 5.56 Å². The summed E-state index contributed by atoms with van der Waals surface area (Å²) in [6.07, 6.45) is 12.2. The fraction of sp³-hybridized carbons (Fsp3) is 0. The number of nitrogens with one attached hydrogen (secondary N) is 2. The third kappa shape index (κ3) is 1.54. The van der Waals surface area contributed by atoms with Crippen molar-refractivity contribution in [2.75, 3.05) is 5.32 Å². The van der Waals surface area contributed by atoms with Gasteiger partial charge in [0, 0.05) is 11.9 Å². The van der Waals surface area contributed by atoms with Gasteiger partial charge in [0.15, 0.2) is 0 Å². The van der Waals surface area contributed by atoms with Gasteiger partial charge in [0.25, 0.3) is 0 Å². The van der Waals surface area contributed by atoms with Gasteiger partial charge < -0.3 is 10.6 Å². The van der Waals surface area contributed by atoms with Gasteiger partial charge in [0.1, 0.15) is 0 Å². The Balaban J connectivity index is 1.99. The Hall–Kier alpha value is -2.22. The van der Waals surface area contributed by atoms with Gasteiger partial charge in [-0.3, -0.25) is 0 Å². The molecule has 0 aliphatic carbocycles. The Labute approximate surface area is 94.7 Å². The number of para-hydroxylation sites is 1. The number of hydrogen-bond acceptors (Lipinski definition) is 2. The fourth-order valence-corrected chi connectivity index (χ4v) is 1.83. The van der Waals surface area contributed by atoms with Gasteiger partial charge in [-0.1, -0.05) is 30.4 Å². The van der Waals surface area contributed by atoms with Crippen LogP contribution in [0.3, 0.4) is 0 Å². The maximum Gasteiger partial charge on any atom is 0.0623 e. The van der Waals surface area contributed by atoms with Crippen LogP contribution in [0, 0.1) is 0 Å². The van der Waals surface area contributed by atoms with Crippen LogP contribution in [0.25, 0.3) is 6.08 Å². The van der Waals surface area contributed by atoms with Crippen LogP contribution in [0.4, 0.5) is 5.69 Å². The van der Waals surface area contributed by atoms with Crippen molar-refractivity contribution in [3.8, 4) is 0 Å². The van der Waals surface area contributed by atoms with Crippen molar-refractivity contribution in [2.45, 2.75) is 0 Å². The molecule has 0 atom stereocenters. The summed E-state index contributed by atoms with van der Waals surface area (Å²) in [5.74, 6) is 0. The average molecular weight is 208 g/mol. The summed E-state index contributed by atoms with van der Waals surface area (Å²) in [6.45, 7) is 0. The molecule has 2 N–H and O–H groups in total. The third-order valence-electron chi connectivity index (χ3n) is 2.66. The first-order chi connectivity index (χ1) is 7.93. The van der Waals surface area contributed by atoms with Crippen molar-refractivity contribution < 1.29 is 0 Å². The lowest BCUT2D eigenvalue weighted by Crippen LogP contribution is -2.14. The molecule has 0 saturated heterocycles. The second-order valence-corrected chi connectivity index (χ2v) is 3.74. The summed E-state index contributed by atoms with van der Waals surface area (Å²) in [5, 5.41) is 6.63. The molecule has 3 rings (SSSR count). The lowest BCUT2D eigenvalue weighted by molar-refractivity contribution is 1.07. The van der Waals surface area contributed by atoms with E-state index in [0.29, 0.717) is 0 Å². The molecule has 2 nitrogen and oxygen atoms in total. The van der Waals surface area contributed by atoms with Crippen molar-refractivity contribution in [1.82, 2.24) is 5.32 Å². The Kier molecular flexibility index (Phi) is 2.11. The molecule has 0 unspecified atom stereocenters. The maximum absolute atomic E-state index is 3.41. The standard InChI is InChI=1S/C14H12N2/c1-2-6-12-11(5-1)8-9-14(16-12)13-7-3-4-10-15-13/h1-10,15-16H. The molecule has 0 fully saturated rings. The van der Waals surface area contributed by atoms with Gasteiger partial charge in [-0.2, -0.15) is 0 Å². The molecule has 0 amide bonds. The second-order valence-electron chi connectivity index (χ2n) is 3.74. The highest BCUT2D eigenvalue weighted by Crippen LogP contribution is 2.25. The number of benzene rings is 1. The van der Waals surface area contributed by atoms with E-state index in [9.17, 15) is 0 Å². The molecule has 0 spiro atoms. The van der Waals surface area contributed by atoms with Crippen molar-refractivity contribution in [2.24, 2.45) is 0 Å². The zero-order valence-electron chi connectivity index (χ0n) is 8.77. The number of dihydropyridines is 1. The van der Waals surface area contributed by atoms with Crippen LogP contribution in [0.15, 0.2) is 66.2 Å². The first-order valence-electron chi connectivity index (χ1n) is 5.32. The van der Waals surface area contributed by atoms with E-state index in [1.165, 1.54) is 5.56 Å². The molecule has 1 aromatic carbocycles. The minimum atomic E-state index is 1.09. The molecule has 0 aromatic heterocycles. The van der Waals surface area contributed by atoms with E-state index in [1.807, 2.05) is 30.5 Å².